The van der Waals surface area contributed by atoms with E-state index in [9.17, 15) is 10.1 Å². The topological polar surface area (TPSA) is 62.1 Å². The van der Waals surface area contributed by atoms with Crippen LogP contribution in [0.15, 0.2) is 35.4 Å². The predicted molar refractivity (Wildman–Crippen MR) is 77.3 cm³/mol. The van der Waals surface area contributed by atoms with Gasteiger partial charge in [0.1, 0.15) is 17.4 Å². The molecule has 0 unspecified atom stereocenters. The number of benzene rings is 1. The molecule has 1 aromatic carbocycles. The number of nitrogens with zero attached hydrogens (tertiary/aromatic N) is 1. The van der Waals surface area contributed by atoms with E-state index in [0.29, 0.717) is 11.4 Å². The Balaban J connectivity index is 2.20. The van der Waals surface area contributed by atoms with E-state index >= 15 is 0 Å². The molecule has 4 heteroatoms. The van der Waals surface area contributed by atoms with E-state index in [2.05, 4.69) is 11.4 Å². The lowest BCUT2D eigenvalue weighted by molar-refractivity contribution is -0.112. The molecular formula is C16H18N2O2. The highest BCUT2D eigenvalue weighted by Gasteiger charge is 2.18. The first-order chi connectivity index (χ1) is 9.76. The van der Waals surface area contributed by atoms with Crippen molar-refractivity contribution in [3.8, 4) is 11.8 Å². The maximum atomic E-state index is 12.3. The molecule has 0 heterocycles. The van der Waals surface area contributed by atoms with Crippen LogP contribution < -0.4 is 10.1 Å². The molecule has 1 aliphatic carbocycles. The summed E-state index contributed by atoms with van der Waals surface area (Å²) in [7, 11) is 1.55. The molecule has 1 amide bonds. The number of methoxy groups -OCH3 is 1. The average Bonchev–Trinajstić information content (AvgIpc) is 2.49. The van der Waals surface area contributed by atoms with Gasteiger partial charge in [-0.2, -0.15) is 5.26 Å². The van der Waals surface area contributed by atoms with Crippen molar-refractivity contribution < 1.29 is 9.53 Å². The smallest absolute Gasteiger partial charge is 0.266 e. The third-order valence-corrected chi connectivity index (χ3v) is 3.50. The molecule has 1 saturated carbocycles. The molecule has 0 aliphatic heterocycles. The van der Waals surface area contributed by atoms with Crippen molar-refractivity contribution in [3.05, 3.63) is 35.4 Å². The van der Waals surface area contributed by atoms with Crippen LogP contribution in [0.5, 0.6) is 5.75 Å². The van der Waals surface area contributed by atoms with Gasteiger partial charge in [0.15, 0.2) is 0 Å². The van der Waals surface area contributed by atoms with Gasteiger partial charge in [0.25, 0.3) is 5.91 Å². The average molecular weight is 270 g/mol. The fraction of sp³-hybridized carbons (Fsp3) is 0.375. The van der Waals surface area contributed by atoms with Crippen LogP contribution >= 0.6 is 0 Å². The van der Waals surface area contributed by atoms with E-state index in [4.69, 9.17) is 4.74 Å². The molecular weight excluding hydrogens is 252 g/mol. The van der Waals surface area contributed by atoms with Crippen LogP contribution in [0.25, 0.3) is 0 Å². The minimum atomic E-state index is -0.339. The van der Waals surface area contributed by atoms with Crippen LogP contribution in [-0.2, 0) is 4.79 Å². The number of amides is 1. The first-order valence-electron chi connectivity index (χ1n) is 6.82. The second kappa shape index (κ2) is 6.76. The molecule has 0 radical (unpaired) electrons. The van der Waals surface area contributed by atoms with Gasteiger partial charge in [0, 0.05) is 0 Å². The molecule has 104 valence electrons. The third kappa shape index (κ3) is 3.18. The van der Waals surface area contributed by atoms with E-state index in [1.54, 1.807) is 19.2 Å². The Morgan fingerprint density at radius 3 is 2.60 bits per heavy atom. The minimum absolute atomic E-state index is 0.260. The number of rotatable bonds is 3. The van der Waals surface area contributed by atoms with Gasteiger partial charge in [-0.25, -0.2) is 0 Å². The summed E-state index contributed by atoms with van der Waals surface area (Å²) >= 11 is 0. The van der Waals surface area contributed by atoms with Crippen molar-refractivity contribution in [2.75, 3.05) is 12.4 Å². The number of allylic oxidation sites excluding steroid dienone is 1. The highest BCUT2D eigenvalue weighted by molar-refractivity contribution is 6.07. The lowest BCUT2D eigenvalue weighted by atomic mass is 9.91. The van der Waals surface area contributed by atoms with Crippen molar-refractivity contribution in [2.24, 2.45) is 0 Å². The van der Waals surface area contributed by atoms with Crippen LogP contribution in [0, 0.1) is 11.3 Å². The van der Waals surface area contributed by atoms with E-state index in [1.165, 1.54) is 6.42 Å². The summed E-state index contributed by atoms with van der Waals surface area (Å²) in [5.74, 6) is 0.251. The highest BCUT2D eigenvalue weighted by atomic mass is 16.5. The number of carbonyl (C=O) groups is 1. The molecule has 0 bridgehead atoms. The first kappa shape index (κ1) is 14.1. The lowest BCUT2D eigenvalue weighted by Crippen LogP contribution is -2.16. The molecule has 20 heavy (non-hydrogen) atoms. The second-order valence-electron chi connectivity index (χ2n) is 4.81. The number of carbonyl (C=O) groups excluding carboxylic acids is 1. The van der Waals surface area contributed by atoms with Crippen LogP contribution in [0.4, 0.5) is 5.69 Å². The molecule has 0 atom stereocenters. The summed E-state index contributed by atoms with van der Waals surface area (Å²) in [6.45, 7) is 0. The maximum absolute atomic E-state index is 12.3. The maximum Gasteiger partial charge on any atom is 0.266 e. The van der Waals surface area contributed by atoms with Gasteiger partial charge in [-0.15, -0.1) is 0 Å². The quantitative estimate of drug-likeness (QED) is 0.676. The molecule has 1 aromatic rings. The molecule has 1 N–H and O–H groups in total. The highest BCUT2D eigenvalue weighted by Crippen LogP contribution is 2.28. The Bertz CT molecular complexity index is 562. The van der Waals surface area contributed by atoms with Gasteiger partial charge < -0.3 is 10.1 Å². The van der Waals surface area contributed by atoms with Crippen LogP contribution in [0.3, 0.4) is 0 Å². The van der Waals surface area contributed by atoms with Crippen molar-refractivity contribution in [3.63, 3.8) is 0 Å². The van der Waals surface area contributed by atoms with Gasteiger partial charge >= 0.3 is 0 Å². The zero-order chi connectivity index (χ0) is 14.4. The standard InChI is InChI=1S/C16H18N2O2/c1-20-15-10-6-5-9-14(15)18-16(19)13(11-17)12-7-3-2-4-8-12/h5-6,9-10H,2-4,7-8H2,1H3,(H,18,19). The van der Waals surface area contributed by atoms with Gasteiger partial charge in [0.05, 0.1) is 12.8 Å². The van der Waals surface area contributed by atoms with Gasteiger partial charge in [-0.05, 0) is 43.4 Å². The molecule has 1 fully saturated rings. The number of hydrogen-bond acceptors (Lipinski definition) is 3. The van der Waals surface area contributed by atoms with Gasteiger partial charge in [-0.1, -0.05) is 18.6 Å². The molecule has 0 spiro atoms. The van der Waals surface area contributed by atoms with E-state index in [1.807, 2.05) is 12.1 Å². The second-order valence-corrected chi connectivity index (χ2v) is 4.81. The fourth-order valence-electron chi connectivity index (χ4n) is 2.45. The monoisotopic (exact) mass is 270 g/mol. The van der Waals surface area contributed by atoms with Crippen LogP contribution in [-0.4, -0.2) is 13.0 Å². The Morgan fingerprint density at radius 2 is 1.95 bits per heavy atom. The van der Waals surface area contributed by atoms with E-state index < -0.39 is 0 Å². The third-order valence-electron chi connectivity index (χ3n) is 3.50. The Morgan fingerprint density at radius 1 is 1.25 bits per heavy atom. The van der Waals surface area contributed by atoms with Crippen LogP contribution in [0.1, 0.15) is 32.1 Å². The molecule has 0 saturated heterocycles. The number of hydrogen-bond donors (Lipinski definition) is 1. The molecule has 1 aliphatic rings. The number of para-hydroxylation sites is 2. The summed E-state index contributed by atoms with van der Waals surface area (Å²) < 4.78 is 5.19. The number of anilines is 1. The van der Waals surface area contributed by atoms with Crippen molar-refractivity contribution in [2.45, 2.75) is 32.1 Å². The molecule has 4 nitrogen and oxygen atoms in total. The number of ether oxygens (including phenoxy) is 1. The summed E-state index contributed by atoms with van der Waals surface area (Å²) in [6, 6.07) is 9.24. The number of nitrogens with one attached hydrogen (secondary N) is 1. The summed E-state index contributed by atoms with van der Waals surface area (Å²) in [5.41, 5.74) is 1.82. The molecule has 0 aromatic heterocycles. The normalized spacial score (nSPS) is 14.3. The van der Waals surface area contributed by atoms with Crippen molar-refractivity contribution >= 4 is 11.6 Å². The Kier molecular flexibility index (Phi) is 4.78. The van der Waals surface area contributed by atoms with Crippen LogP contribution in [0.2, 0.25) is 0 Å². The first-order valence-corrected chi connectivity index (χ1v) is 6.82. The summed E-state index contributed by atoms with van der Waals surface area (Å²) in [4.78, 5) is 12.3. The zero-order valence-corrected chi connectivity index (χ0v) is 11.6. The van der Waals surface area contributed by atoms with Crippen molar-refractivity contribution in [1.29, 1.82) is 5.26 Å². The van der Waals surface area contributed by atoms with Crippen molar-refractivity contribution in [1.82, 2.24) is 0 Å². The zero-order valence-electron chi connectivity index (χ0n) is 11.6. The summed E-state index contributed by atoms with van der Waals surface area (Å²) in [6.07, 6.45) is 4.99. The van der Waals surface area contributed by atoms with Gasteiger partial charge in [0.2, 0.25) is 0 Å². The predicted octanol–water partition coefficient (Wildman–Crippen LogP) is 3.42. The van der Waals surface area contributed by atoms with E-state index in [0.717, 1.165) is 31.3 Å². The minimum Gasteiger partial charge on any atom is -0.495 e. The Hall–Kier alpha value is -2.28. The molecule has 2 rings (SSSR count). The summed E-state index contributed by atoms with van der Waals surface area (Å²) in [5, 5.41) is 12.0. The van der Waals surface area contributed by atoms with E-state index in [-0.39, 0.29) is 11.5 Å². The number of nitriles is 1. The fourth-order valence-corrected chi connectivity index (χ4v) is 2.45. The Labute approximate surface area is 119 Å². The van der Waals surface area contributed by atoms with Gasteiger partial charge in [-0.3, -0.25) is 4.79 Å². The largest absolute Gasteiger partial charge is 0.495 e. The lowest BCUT2D eigenvalue weighted by Gasteiger charge is -2.16. The SMILES string of the molecule is COc1ccccc1NC(=O)C(C#N)=C1CCCCC1.